The summed E-state index contributed by atoms with van der Waals surface area (Å²) in [7, 11) is 1.55. The minimum absolute atomic E-state index is 0.233. The van der Waals surface area contributed by atoms with Gasteiger partial charge >= 0.3 is 5.97 Å². The van der Waals surface area contributed by atoms with E-state index >= 15 is 0 Å². The van der Waals surface area contributed by atoms with Gasteiger partial charge in [0.15, 0.2) is 0 Å². The molecule has 0 spiro atoms. The van der Waals surface area contributed by atoms with Gasteiger partial charge in [0.25, 0.3) is 5.91 Å². The van der Waals surface area contributed by atoms with Gasteiger partial charge in [-0.05, 0) is 17.7 Å². The van der Waals surface area contributed by atoms with Crippen LogP contribution < -0.4 is 10.2 Å². The van der Waals surface area contributed by atoms with Crippen molar-refractivity contribution in [3.05, 3.63) is 54.0 Å². The van der Waals surface area contributed by atoms with E-state index in [1.165, 1.54) is 0 Å². The molecular formula is C18H21N5O3. The quantitative estimate of drug-likeness (QED) is 0.818. The lowest BCUT2D eigenvalue weighted by atomic mass is 10.0. The van der Waals surface area contributed by atoms with Crippen LogP contribution in [0.4, 0.5) is 5.82 Å². The molecule has 1 atom stereocenters. The van der Waals surface area contributed by atoms with Gasteiger partial charge in [-0.25, -0.2) is 4.98 Å². The maximum Gasteiger partial charge on any atom is 0.325 e. The van der Waals surface area contributed by atoms with Gasteiger partial charge < -0.3 is 15.3 Å². The third-order valence-corrected chi connectivity index (χ3v) is 4.48. The van der Waals surface area contributed by atoms with Crippen molar-refractivity contribution in [1.82, 2.24) is 20.2 Å². The van der Waals surface area contributed by atoms with Gasteiger partial charge in [-0.2, -0.15) is 0 Å². The van der Waals surface area contributed by atoms with Crippen molar-refractivity contribution in [3.8, 4) is 0 Å². The van der Waals surface area contributed by atoms with E-state index in [0.29, 0.717) is 37.3 Å². The van der Waals surface area contributed by atoms with Gasteiger partial charge in [0.2, 0.25) is 0 Å². The standard InChI is InChI=1S/C18H21N5O3/c1-19-17(24)14-4-2-3-13(11-14)16(18(25)26)23-9-7-22(8-10-23)15-12-20-5-6-21-15/h2-6,11-12,16H,7-10H2,1H3,(H,19,24)(H,25,26). The number of carbonyl (C=O) groups is 2. The van der Waals surface area contributed by atoms with E-state index in [0.717, 1.165) is 5.82 Å². The zero-order valence-corrected chi connectivity index (χ0v) is 14.5. The second-order valence-electron chi connectivity index (χ2n) is 6.03. The van der Waals surface area contributed by atoms with E-state index < -0.39 is 12.0 Å². The van der Waals surface area contributed by atoms with Gasteiger partial charge in [-0.3, -0.25) is 19.5 Å². The predicted octanol–water partition coefficient (Wildman–Crippen LogP) is 0.784. The summed E-state index contributed by atoms with van der Waals surface area (Å²) in [6, 6.07) is 6.00. The molecule has 0 aliphatic carbocycles. The Hall–Kier alpha value is -3.00. The molecule has 2 heterocycles. The van der Waals surface area contributed by atoms with Crippen LogP contribution in [0.2, 0.25) is 0 Å². The van der Waals surface area contributed by atoms with Gasteiger partial charge in [-0.1, -0.05) is 12.1 Å². The van der Waals surface area contributed by atoms with Crippen molar-refractivity contribution in [2.45, 2.75) is 6.04 Å². The Morgan fingerprint density at radius 3 is 2.58 bits per heavy atom. The molecule has 2 aromatic rings. The fourth-order valence-corrected chi connectivity index (χ4v) is 3.17. The molecule has 136 valence electrons. The smallest absolute Gasteiger partial charge is 0.325 e. The molecule has 1 fully saturated rings. The number of piperazine rings is 1. The molecular weight excluding hydrogens is 334 g/mol. The van der Waals surface area contributed by atoms with Crippen LogP contribution >= 0.6 is 0 Å². The molecule has 0 radical (unpaired) electrons. The minimum Gasteiger partial charge on any atom is -0.480 e. The summed E-state index contributed by atoms with van der Waals surface area (Å²) in [4.78, 5) is 36.1. The Morgan fingerprint density at radius 2 is 1.96 bits per heavy atom. The van der Waals surface area contributed by atoms with E-state index in [4.69, 9.17) is 0 Å². The van der Waals surface area contributed by atoms with Gasteiger partial charge in [0.1, 0.15) is 11.9 Å². The second-order valence-corrected chi connectivity index (χ2v) is 6.03. The Bertz CT molecular complexity index is 775. The van der Waals surface area contributed by atoms with Gasteiger partial charge in [0, 0.05) is 51.2 Å². The first-order valence-corrected chi connectivity index (χ1v) is 8.40. The number of hydrogen-bond donors (Lipinski definition) is 2. The molecule has 0 bridgehead atoms. The average Bonchev–Trinajstić information content (AvgIpc) is 2.69. The molecule has 1 amide bonds. The molecule has 8 heteroatoms. The highest BCUT2D eigenvalue weighted by Crippen LogP contribution is 2.24. The Kier molecular flexibility index (Phi) is 5.43. The first-order chi connectivity index (χ1) is 12.6. The number of amides is 1. The predicted molar refractivity (Wildman–Crippen MR) is 96.0 cm³/mol. The maximum absolute atomic E-state index is 11.9. The van der Waals surface area contributed by atoms with Crippen molar-refractivity contribution in [3.63, 3.8) is 0 Å². The molecule has 2 N–H and O–H groups in total. The number of aliphatic carboxylic acids is 1. The maximum atomic E-state index is 11.9. The van der Waals surface area contributed by atoms with Crippen LogP contribution in [0.15, 0.2) is 42.9 Å². The summed E-state index contributed by atoms with van der Waals surface area (Å²) in [5.41, 5.74) is 1.06. The number of anilines is 1. The number of nitrogens with one attached hydrogen (secondary N) is 1. The molecule has 1 aromatic heterocycles. The largest absolute Gasteiger partial charge is 0.480 e. The SMILES string of the molecule is CNC(=O)c1cccc(C(C(=O)O)N2CCN(c3cnccn3)CC2)c1. The van der Waals surface area contributed by atoms with Crippen LogP contribution in [0, 0.1) is 0 Å². The van der Waals surface area contributed by atoms with E-state index in [-0.39, 0.29) is 5.91 Å². The van der Waals surface area contributed by atoms with E-state index in [2.05, 4.69) is 20.2 Å². The van der Waals surface area contributed by atoms with E-state index in [1.54, 1.807) is 49.9 Å². The summed E-state index contributed by atoms with van der Waals surface area (Å²) in [6.07, 6.45) is 4.98. The lowest BCUT2D eigenvalue weighted by molar-refractivity contribution is -0.143. The minimum atomic E-state index is -0.924. The molecule has 1 aliphatic rings. The van der Waals surface area contributed by atoms with Crippen molar-refractivity contribution in [2.75, 3.05) is 38.1 Å². The van der Waals surface area contributed by atoms with Crippen molar-refractivity contribution >= 4 is 17.7 Å². The highest BCUT2D eigenvalue weighted by atomic mass is 16.4. The number of rotatable bonds is 5. The summed E-state index contributed by atoms with van der Waals surface area (Å²) in [5, 5.41) is 12.3. The number of carboxylic acid groups (broad SMARTS) is 1. The number of aromatic nitrogens is 2. The van der Waals surface area contributed by atoms with E-state index in [1.807, 2.05) is 4.90 Å². The highest BCUT2D eigenvalue weighted by Gasteiger charge is 2.31. The number of nitrogens with zero attached hydrogens (tertiary/aromatic N) is 4. The normalized spacial score (nSPS) is 16.1. The summed E-state index contributed by atoms with van der Waals surface area (Å²) in [6.45, 7) is 2.49. The van der Waals surface area contributed by atoms with Crippen LogP contribution in [0.1, 0.15) is 22.0 Å². The summed E-state index contributed by atoms with van der Waals surface area (Å²) >= 11 is 0. The number of carbonyl (C=O) groups excluding carboxylic acids is 1. The Labute approximate surface area is 151 Å². The molecule has 26 heavy (non-hydrogen) atoms. The van der Waals surface area contributed by atoms with Crippen molar-refractivity contribution in [2.24, 2.45) is 0 Å². The number of benzene rings is 1. The zero-order chi connectivity index (χ0) is 18.5. The van der Waals surface area contributed by atoms with Gasteiger partial charge in [0.05, 0.1) is 6.20 Å². The fourth-order valence-electron chi connectivity index (χ4n) is 3.17. The molecule has 1 aliphatic heterocycles. The van der Waals surface area contributed by atoms with Crippen LogP contribution in [-0.4, -0.2) is 65.1 Å². The zero-order valence-electron chi connectivity index (χ0n) is 14.5. The fraction of sp³-hybridized carbons (Fsp3) is 0.333. The molecule has 0 saturated carbocycles. The second kappa shape index (κ2) is 7.92. The first kappa shape index (κ1) is 17.8. The third kappa shape index (κ3) is 3.80. The molecule has 1 unspecified atom stereocenters. The number of carboxylic acids is 1. The molecule has 1 aromatic carbocycles. The summed E-state index contributed by atoms with van der Waals surface area (Å²) < 4.78 is 0. The topological polar surface area (TPSA) is 98.7 Å². The average molecular weight is 355 g/mol. The lowest BCUT2D eigenvalue weighted by Crippen LogP contribution is -2.49. The van der Waals surface area contributed by atoms with E-state index in [9.17, 15) is 14.7 Å². The van der Waals surface area contributed by atoms with Gasteiger partial charge in [-0.15, -0.1) is 0 Å². The Balaban J connectivity index is 1.76. The first-order valence-electron chi connectivity index (χ1n) is 8.40. The third-order valence-electron chi connectivity index (χ3n) is 4.48. The summed E-state index contributed by atoms with van der Waals surface area (Å²) in [5.74, 6) is -0.365. The molecule has 8 nitrogen and oxygen atoms in total. The van der Waals surface area contributed by atoms with Crippen molar-refractivity contribution < 1.29 is 14.7 Å². The van der Waals surface area contributed by atoms with Crippen LogP contribution in [-0.2, 0) is 4.79 Å². The Morgan fingerprint density at radius 1 is 1.19 bits per heavy atom. The van der Waals surface area contributed by atoms with Crippen LogP contribution in [0.25, 0.3) is 0 Å². The molecule has 3 rings (SSSR count). The van der Waals surface area contributed by atoms with Crippen LogP contribution in [0.5, 0.6) is 0 Å². The van der Waals surface area contributed by atoms with Crippen LogP contribution in [0.3, 0.4) is 0 Å². The lowest BCUT2D eigenvalue weighted by Gasteiger charge is -2.38. The monoisotopic (exact) mass is 355 g/mol. The molecule has 1 saturated heterocycles. The number of hydrogen-bond acceptors (Lipinski definition) is 6. The van der Waals surface area contributed by atoms with Crippen molar-refractivity contribution in [1.29, 1.82) is 0 Å². The highest BCUT2D eigenvalue weighted by molar-refractivity contribution is 5.94.